The molecule has 0 saturated heterocycles. The first kappa shape index (κ1) is 22.6. The molecule has 2 aromatic carbocycles. The Balaban J connectivity index is 0.00000169. The number of benzene rings is 2. The van der Waals surface area contributed by atoms with E-state index in [1.54, 1.807) is 0 Å². The summed E-state index contributed by atoms with van der Waals surface area (Å²) in [4.78, 5) is 0. The average molecular weight is 397 g/mol. The maximum absolute atomic E-state index is 6.40. The van der Waals surface area contributed by atoms with Crippen LogP contribution in [0.15, 0.2) is 30.3 Å². The molecule has 144 valence electrons. The minimum atomic E-state index is -0.151. The molecule has 0 amide bonds. The molecule has 26 heavy (non-hydrogen) atoms. The molecule has 0 saturated carbocycles. The number of nitrogen functional groups attached to an aromatic ring is 1. The lowest BCUT2D eigenvalue weighted by atomic mass is 9.90. The van der Waals surface area contributed by atoms with Crippen LogP contribution in [0.5, 0.6) is 5.75 Å². The van der Waals surface area contributed by atoms with Crippen LogP contribution in [0, 0.1) is 20.8 Å². The number of fused-ring (bicyclic) bond motifs is 1. The molecular formula is C21H30Cl2N2O. The molecule has 5 heteroatoms. The van der Waals surface area contributed by atoms with Crippen LogP contribution in [0.3, 0.4) is 0 Å². The molecule has 0 bridgehead atoms. The maximum Gasteiger partial charge on any atom is 0.127 e. The van der Waals surface area contributed by atoms with E-state index >= 15 is 0 Å². The molecule has 0 spiro atoms. The van der Waals surface area contributed by atoms with Crippen LogP contribution < -0.4 is 15.8 Å². The van der Waals surface area contributed by atoms with E-state index in [9.17, 15) is 0 Å². The summed E-state index contributed by atoms with van der Waals surface area (Å²) in [5, 5.41) is 3.53. The first-order valence-corrected chi connectivity index (χ1v) is 8.73. The van der Waals surface area contributed by atoms with E-state index < -0.39 is 0 Å². The van der Waals surface area contributed by atoms with Gasteiger partial charge >= 0.3 is 0 Å². The summed E-state index contributed by atoms with van der Waals surface area (Å²) in [7, 11) is 0. The Kier molecular flexibility index (Phi) is 7.82. The van der Waals surface area contributed by atoms with Crippen LogP contribution in [0.2, 0.25) is 0 Å². The monoisotopic (exact) mass is 396 g/mol. The molecule has 1 aliphatic rings. The van der Waals surface area contributed by atoms with E-state index in [1.165, 1.54) is 22.3 Å². The van der Waals surface area contributed by atoms with Crippen molar-refractivity contribution in [3.8, 4) is 5.75 Å². The van der Waals surface area contributed by atoms with Crippen LogP contribution in [-0.4, -0.2) is 12.1 Å². The Labute approximate surface area is 169 Å². The van der Waals surface area contributed by atoms with Gasteiger partial charge in [-0.3, -0.25) is 0 Å². The molecule has 0 fully saturated rings. The van der Waals surface area contributed by atoms with Crippen molar-refractivity contribution < 1.29 is 4.74 Å². The second-order valence-corrected chi connectivity index (χ2v) is 7.24. The lowest BCUT2D eigenvalue weighted by Gasteiger charge is -2.24. The van der Waals surface area contributed by atoms with Gasteiger partial charge in [-0.05, 0) is 62.9 Å². The van der Waals surface area contributed by atoms with Gasteiger partial charge in [0.1, 0.15) is 11.4 Å². The smallest absolute Gasteiger partial charge is 0.127 e. The second-order valence-electron chi connectivity index (χ2n) is 7.24. The fourth-order valence-electron chi connectivity index (χ4n) is 3.54. The molecule has 2 aromatic rings. The highest BCUT2D eigenvalue weighted by atomic mass is 35.5. The van der Waals surface area contributed by atoms with Crippen molar-refractivity contribution in [1.29, 1.82) is 0 Å². The van der Waals surface area contributed by atoms with E-state index in [-0.39, 0.29) is 30.4 Å². The van der Waals surface area contributed by atoms with Gasteiger partial charge in [0.2, 0.25) is 0 Å². The third kappa shape index (κ3) is 4.46. The van der Waals surface area contributed by atoms with Gasteiger partial charge in [0.15, 0.2) is 0 Å². The summed E-state index contributed by atoms with van der Waals surface area (Å²) in [5.74, 6) is 1.06. The molecule has 1 aliphatic heterocycles. The quantitative estimate of drug-likeness (QED) is 0.557. The topological polar surface area (TPSA) is 47.3 Å². The SMILES string of the molecule is Cc1c(C)c2c(c(C)c1N)CC(C)(CCNCc1ccccc1)O2.Cl.Cl. The van der Waals surface area contributed by atoms with Gasteiger partial charge in [0.25, 0.3) is 0 Å². The zero-order valence-corrected chi connectivity index (χ0v) is 17.7. The number of rotatable bonds is 5. The number of hydrogen-bond donors (Lipinski definition) is 2. The molecule has 1 atom stereocenters. The summed E-state index contributed by atoms with van der Waals surface area (Å²) in [6.07, 6.45) is 1.92. The third-order valence-corrected chi connectivity index (χ3v) is 5.34. The first-order valence-electron chi connectivity index (χ1n) is 8.73. The molecule has 0 aliphatic carbocycles. The summed E-state index contributed by atoms with van der Waals surface area (Å²) < 4.78 is 6.40. The first-order chi connectivity index (χ1) is 11.4. The van der Waals surface area contributed by atoms with E-state index in [4.69, 9.17) is 10.5 Å². The largest absolute Gasteiger partial charge is 0.487 e. The number of nitrogens with one attached hydrogen (secondary N) is 1. The van der Waals surface area contributed by atoms with Gasteiger partial charge in [-0.1, -0.05) is 30.3 Å². The molecule has 3 rings (SSSR count). The van der Waals surface area contributed by atoms with E-state index in [2.05, 4.69) is 57.3 Å². The van der Waals surface area contributed by atoms with Crippen LogP contribution >= 0.6 is 24.8 Å². The summed E-state index contributed by atoms with van der Waals surface area (Å²) in [5.41, 5.74) is 13.2. The van der Waals surface area contributed by atoms with Crippen molar-refractivity contribution >= 4 is 30.5 Å². The zero-order chi connectivity index (χ0) is 17.3. The molecule has 0 radical (unpaired) electrons. The summed E-state index contributed by atoms with van der Waals surface area (Å²) in [6, 6.07) is 10.5. The fourth-order valence-corrected chi connectivity index (χ4v) is 3.54. The highest BCUT2D eigenvalue weighted by molar-refractivity contribution is 5.85. The predicted molar refractivity (Wildman–Crippen MR) is 115 cm³/mol. The Morgan fingerprint density at radius 2 is 1.69 bits per heavy atom. The van der Waals surface area contributed by atoms with Crippen molar-refractivity contribution in [2.45, 2.75) is 52.7 Å². The fraction of sp³-hybridized carbons (Fsp3) is 0.429. The Bertz CT molecular complexity index is 711. The highest BCUT2D eigenvalue weighted by Gasteiger charge is 2.37. The van der Waals surface area contributed by atoms with Gasteiger partial charge in [0.05, 0.1) is 0 Å². The van der Waals surface area contributed by atoms with E-state index in [1.807, 2.05) is 6.07 Å². The minimum absolute atomic E-state index is 0. The second kappa shape index (κ2) is 8.98. The third-order valence-electron chi connectivity index (χ3n) is 5.34. The Hall–Kier alpha value is -1.42. The van der Waals surface area contributed by atoms with Gasteiger partial charge in [-0.2, -0.15) is 0 Å². The standard InChI is InChI=1S/C21H28N2O.2ClH/c1-14-15(2)20-18(16(3)19(14)22)12-21(4,24-20)10-11-23-13-17-8-6-5-7-9-17;;/h5-9,23H,10-13,22H2,1-4H3;2*1H. The molecule has 1 unspecified atom stereocenters. The minimum Gasteiger partial charge on any atom is -0.487 e. The lowest BCUT2D eigenvalue weighted by Crippen LogP contribution is -2.34. The van der Waals surface area contributed by atoms with Gasteiger partial charge in [-0.15, -0.1) is 24.8 Å². The number of nitrogens with two attached hydrogens (primary N) is 1. The van der Waals surface area contributed by atoms with Crippen LogP contribution in [0.4, 0.5) is 5.69 Å². The van der Waals surface area contributed by atoms with Crippen molar-refractivity contribution in [3.63, 3.8) is 0 Å². The number of ether oxygens (including phenoxy) is 1. The van der Waals surface area contributed by atoms with E-state index in [0.717, 1.165) is 42.9 Å². The Morgan fingerprint density at radius 3 is 2.35 bits per heavy atom. The molecule has 3 nitrogen and oxygen atoms in total. The van der Waals surface area contributed by atoms with Gasteiger partial charge in [-0.25, -0.2) is 0 Å². The van der Waals surface area contributed by atoms with Gasteiger partial charge in [0, 0.05) is 24.2 Å². The number of halogens is 2. The van der Waals surface area contributed by atoms with Crippen molar-refractivity contribution in [2.24, 2.45) is 0 Å². The predicted octanol–water partition coefficient (Wildman–Crippen LogP) is 4.91. The normalized spacial score (nSPS) is 17.7. The van der Waals surface area contributed by atoms with Crippen molar-refractivity contribution in [3.05, 3.63) is 58.1 Å². The Morgan fingerprint density at radius 1 is 1.04 bits per heavy atom. The van der Waals surface area contributed by atoms with Crippen molar-refractivity contribution in [1.82, 2.24) is 5.32 Å². The van der Waals surface area contributed by atoms with Crippen LogP contribution in [0.25, 0.3) is 0 Å². The lowest BCUT2D eigenvalue weighted by molar-refractivity contribution is 0.105. The molecule has 0 aromatic heterocycles. The van der Waals surface area contributed by atoms with E-state index in [0.29, 0.717) is 0 Å². The van der Waals surface area contributed by atoms with Gasteiger partial charge < -0.3 is 15.8 Å². The zero-order valence-electron chi connectivity index (χ0n) is 16.0. The molecule has 3 N–H and O–H groups in total. The summed E-state index contributed by atoms with van der Waals surface area (Å²) in [6.45, 7) is 10.4. The highest BCUT2D eigenvalue weighted by Crippen LogP contribution is 2.44. The number of anilines is 1. The van der Waals surface area contributed by atoms with Crippen LogP contribution in [-0.2, 0) is 13.0 Å². The summed E-state index contributed by atoms with van der Waals surface area (Å²) >= 11 is 0. The van der Waals surface area contributed by atoms with Crippen LogP contribution in [0.1, 0.15) is 41.2 Å². The molecule has 1 heterocycles. The van der Waals surface area contributed by atoms with Crippen molar-refractivity contribution in [2.75, 3.05) is 12.3 Å². The average Bonchev–Trinajstić information content (AvgIpc) is 2.94. The number of hydrogen-bond acceptors (Lipinski definition) is 3. The molecular weight excluding hydrogens is 367 g/mol. The maximum atomic E-state index is 6.40.